The Kier molecular flexibility index (Phi) is 4.18. The van der Waals surface area contributed by atoms with E-state index in [4.69, 9.17) is 4.98 Å². The molecule has 0 spiro atoms. The van der Waals surface area contributed by atoms with Crippen LogP contribution in [0.4, 0.5) is 0 Å². The van der Waals surface area contributed by atoms with Crippen molar-refractivity contribution in [1.29, 1.82) is 0 Å². The minimum atomic E-state index is 0.781. The summed E-state index contributed by atoms with van der Waals surface area (Å²) in [4.78, 5) is 4.78. The van der Waals surface area contributed by atoms with E-state index in [9.17, 15) is 0 Å². The van der Waals surface area contributed by atoms with Crippen LogP contribution in [0.3, 0.4) is 0 Å². The average Bonchev–Trinajstić information content (AvgIpc) is 2.53. The summed E-state index contributed by atoms with van der Waals surface area (Å²) in [6.45, 7) is 2.23. The van der Waals surface area contributed by atoms with Crippen LogP contribution in [0.5, 0.6) is 0 Å². The maximum Gasteiger partial charge on any atom is 0.0959 e. The van der Waals surface area contributed by atoms with Gasteiger partial charge < -0.3 is 0 Å². The fourth-order valence-corrected chi connectivity index (χ4v) is 3.43. The molecule has 0 unspecified atom stereocenters. The Hall–Kier alpha value is -0.370. The molecular weight excluding hydrogens is 202 g/mol. The smallest absolute Gasteiger partial charge is 0.0959 e. The summed E-state index contributed by atoms with van der Waals surface area (Å²) in [5, 5.41) is 3.68. The lowest BCUT2D eigenvalue weighted by molar-refractivity contribution is 0.587. The molecule has 1 aliphatic rings. The lowest BCUT2D eigenvalue weighted by Crippen LogP contribution is -1.97. The van der Waals surface area contributed by atoms with Gasteiger partial charge in [-0.1, -0.05) is 39.0 Å². The molecule has 1 saturated carbocycles. The SMILES string of the molecule is CCCc1csc(C2CCCCCC2)n1. The molecule has 84 valence electrons. The van der Waals surface area contributed by atoms with E-state index in [1.807, 2.05) is 11.3 Å². The maximum absolute atomic E-state index is 4.78. The number of hydrogen-bond donors (Lipinski definition) is 0. The van der Waals surface area contributed by atoms with Gasteiger partial charge in [0, 0.05) is 11.3 Å². The molecule has 0 aliphatic heterocycles. The molecule has 0 bridgehead atoms. The van der Waals surface area contributed by atoms with Crippen LogP contribution in [0.1, 0.15) is 68.5 Å². The van der Waals surface area contributed by atoms with E-state index in [1.165, 1.54) is 55.6 Å². The third-order valence-corrected chi connectivity index (χ3v) is 4.34. The molecule has 0 saturated heterocycles. The van der Waals surface area contributed by atoms with E-state index in [0.29, 0.717) is 0 Å². The Morgan fingerprint density at radius 2 is 2.00 bits per heavy atom. The van der Waals surface area contributed by atoms with Crippen molar-refractivity contribution in [3.63, 3.8) is 0 Å². The fourth-order valence-electron chi connectivity index (χ4n) is 2.41. The maximum atomic E-state index is 4.78. The van der Waals surface area contributed by atoms with Gasteiger partial charge in [0.2, 0.25) is 0 Å². The van der Waals surface area contributed by atoms with Crippen LogP contribution >= 0.6 is 11.3 Å². The lowest BCUT2D eigenvalue weighted by atomic mass is 10.0. The predicted molar refractivity (Wildman–Crippen MR) is 66.6 cm³/mol. The predicted octanol–water partition coefficient (Wildman–Crippen LogP) is 4.53. The van der Waals surface area contributed by atoms with Gasteiger partial charge >= 0.3 is 0 Å². The first-order valence-electron chi connectivity index (χ1n) is 6.34. The molecule has 1 aromatic rings. The van der Waals surface area contributed by atoms with E-state index in [2.05, 4.69) is 12.3 Å². The summed E-state index contributed by atoms with van der Waals surface area (Å²) in [6.07, 6.45) is 10.8. The molecule has 2 heteroatoms. The number of nitrogens with zero attached hydrogens (tertiary/aromatic N) is 1. The van der Waals surface area contributed by atoms with Gasteiger partial charge in [-0.2, -0.15) is 0 Å². The number of aromatic nitrogens is 1. The van der Waals surface area contributed by atoms with Crippen LogP contribution in [-0.4, -0.2) is 4.98 Å². The second-order valence-electron chi connectivity index (χ2n) is 4.62. The summed E-state index contributed by atoms with van der Waals surface area (Å²) < 4.78 is 0. The van der Waals surface area contributed by atoms with E-state index in [-0.39, 0.29) is 0 Å². The second kappa shape index (κ2) is 5.64. The standard InChI is InChI=1S/C13H21NS/c1-2-7-12-10-15-13(14-12)11-8-5-3-4-6-9-11/h10-11H,2-9H2,1H3. The molecule has 1 heterocycles. The van der Waals surface area contributed by atoms with Gasteiger partial charge in [-0.15, -0.1) is 11.3 Å². The Balaban J connectivity index is 2.00. The highest BCUT2D eigenvalue weighted by Crippen LogP contribution is 2.33. The van der Waals surface area contributed by atoms with Crippen LogP contribution in [0.25, 0.3) is 0 Å². The number of aryl methyl sites for hydroxylation is 1. The van der Waals surface area contributed by atoms with E-state index >= 15 is 0 Å². The summed E-state index contributed by atoms with van der Waals surface area (Å²) in [7, 11) is 0. The van der Waals surface area contributed by atoms with Crippen molar-refractivity contribution < 1.29 is 0 Å². The molecule has 15 heavy (non-hydrogen) atoms. The third kappa shape index (κ3) is 3.04. The van der Waals surface area contributed by atoms with Gasteiger partial charge in [0.15, 0.2) is 0 Å². The van der Waals surface area contributed by atoms with Crippen LogP contribution in [-0.2, 0) is 6.42 Å². The molecule has 0 aromatic carbocycles. The van der Waals surface area contributed by atoms with Crippen molar-refractivity contribution in [3.8, 4) is 0 Å². The van der Waals surface area contributed by atoms with Crippen LogP contribution < -0.4 is 0 Å². The Morgan fingerprint density at radius 1 is 1.27 bits per heavy atom. The highest BCUT2D eigenvalue weighted by molar-refractivity contribution is 7.09. The molecule has 0 N–H and O–H groups in total. The van der Waals surface area contributed by atoms with E-state index in [1.54, 1.807) is 0 Å². The van der Waals surface area contributed by atoms with Crippen molar-refractivity contribution in [3.05, 3.63) is 16.1 Å². The highest BCUT2D eigenvalue weighted by Gasteiger charge is 2.17. The highest BCUT2D eigenvalue weighted by atomic mass is 32.1. The average molecular weight is 223 g/mol. The van der Waals surface area contributed by atoms with Gasteiger partial charge in [-0.25, -0.2) is 4.98 Å². The van der Waals surface area contributed by atoms with Crippen LogP contribution in [0, 0.1) is 0 Å². The topological polar surface area (TPSA) is 12.9 Å². The zero-order valence-corrected chi connectivity index (χ0v) is 10.5. The fraction of sp³-hybridized carbons (Fsp3) is 0.769. The number of rotatable bonds is 3. The van der Waals surface area contributed by atoms with E-state index < -0.39 is 0 Å². The van der Waals surface area contributed by atoms with E-state index in [0.717, 1.165) is 12.3 Å². The molecule has 1 aromatic heterocycles. The summed E-state index contributed by atoms with van der Waals surface area (Å²) in [5.74, 6) is 0.781. The van der Waals surface area contributed by atoms with Gasteiger partial charge in [-0.05, 0) is 19.3 Å². The molecular formula is C13H21NS. The molecule has 0 radical (unpaired) electrons. The number of thiazole rings is 1. The second-order valence-corrected chi connectivity index (χ2v) is 5.51. The zero-order valence-electron chi connectivity index (χ0n) is 9.67. The first kappa shape index (κ1) is 11.1. The summed E-state index contributed by atoms with van der Waals surface area (Å²) in [5.41, 5.74) is 1.32. The molecule has 1 fully saturated rings. The monoisotopic (exact) mass is 223 g/mol. The Morgan fingerprint density at radius 3 is 2.67 bits per heavy atom. The molecule has 2 rings (SSSR count). The molecule has 0 atom stereocenters. The minimum Gasteiger partial charge on any atom is -0.246 e. The molecule has 1 nitrogen and oxygen atoms in total. The summed E-state index contributed by atoms with van der Waals surface area (Å²) in [6, 6.07) is 0. The Bertz CT molecular complexity index is 284. The van der Waals surface area contributed by atoms with Crippen molar-refractivity contribution in [2.24, 2.45) is 0 Å². The summed E-state index contributed by atoms with van der Waals surface area (Å²) >= 11 is 1.89. The molecule has 1 aliphatic carbocycles. The minimum absolute atomic E-state index is 0.781. The van der Waals surface area contributed by atoms with Gasteiger partial charge in [0.05, 0.1) is 10.7 Å². The van der Waals surface area contributed by atoms with Gasteiger partial charge in [0.1, 0.15) is 0 Å². The van der Waals surface area contributed by atoms with Crippen molar-refractivity contribution in [2.45, 2.75) is 64.2 Å². The third-order valence-electron chi connectivity index (χ3n) is 3.28. The largest absolute Gasteiger partial charge is 0.246 e. The van der Waals surface area contributed by atoms with Crippen molar-refractivity contribution in [1.82, 2.24) is 4.98 Å². The van der Waals surface area contributed by atoms with Crippen LogP contribution in [0.2, 0.25) is 0 Å². The molecule has 0 amide bonds. The first-order chi connectivity index (χ1) is 7.40. The first-order valence-corrected chi connectivity index (χ1v) is 7.22. The lowest BCUT2D eigenvalue weighted by Gasteiger charge is -2.09. The van der Waals surface area contributed by atoms with Crippen molar-refractivity contribution >= 4 is 11.3 Å². The van der Waals surface area contributed by atoms with Crippen molar-refractivity contribution in [2.75, 3.05) is 0 Å². The Labute approximate surface area is 96.9 Å². The zero-order chi connectivity index (χ0) is 10.5. The normalized spacial score (nSPS) is 19.0. The quantitative estimate of drug-likeness (QED) is 0.686. The number of hydrogen-bond acceptors (Lipinski definition) is 2. The van der Waals surface area contributed by atoms with Crippen LogP contribution in [0.15, 0.2) is 5.38 Å². The van der Waals surface area contributed by atoms with Gasteiger partial charge in [0.25, 0.3) is 0 Å². The van der Waals surface area contributed by atoms with Gasteiger partial charge in [-0.3, -0.25) is 0 Å².